The molecule has 0 saturated carbocycles. The summed E-state index contributed by atoms with van der Waals surface area (Å²) in [7, 11) is 0. The molecule has 7 N–H and O–H groups in total. The van der Waals surface area contributed by atoms with Gasteiger partial charge in [0.2, 0.25) is 5.91 Å². The molecule has 0 unspecified atom stereocenters. The largest absolute Gasteiger partial charge is 0.434 e. The lowest BCUT2D eigenvalue weighted by atomic mass is 10.0. The Hall–Kier alpha value is -4.30. The van der Waals surface area contributed by atoms with Crippen molar-refractivity contribution in [2.75, 3.05) is 32.7 Å². The van der Waals surface area contributed by atoms with E-state index < -0.39 is 18.4 Å². The Balaban J connectivity index is 1.45. The van der Waals surface area contributed by atoms with Gasteiger partial charge in [0.1, 0.15) is 23.0 Å². The second-order valence-electron chi connectivity index (χ2n) is 11.2. The van der Waals surface area contributed by atoms with Gasteiger partial charge >= 0.3 is 6.61 Å². The molecule has 3 aliphatic rings. The number of nitrogens with one attached hydrogen (secondary N) is 5. The molecule has 2 fully saturated rings. The van der Waals surface area contributed by atoms with Crippen molar-refractivity contribution in [3.05, 3.63) is 64.4 Å². The van der Waals surface area contributed by atoms with Crippen LogP contribution in [0, 0.1) is 10.8 Å². The number of halogens is 3. The summed E-state index contributed by atoms with van der Waals surface area (Å²) in [6, 6.07) is 3.85. The van der Waals surface area contributed by atoms with E-state index in [9.17, 15) is 18.4 Å². The number of alkyl halides is 2. The Labute approximate surface area is 271 Å². The number of nitrogens with two attached hydrogens (primary N) is 1. The Bertz CT molecular complexity index is 1420. The van der Waals surface area contributed by atoms with E-state index in [2.05, 4.69) is 30.6 Å². The molecule has 1 aromatic carbocycles. The lowest BCUT2D eigenvalue weighted by Gasteiger charge is -2.32. The molecule has 3 aliphatic heterocycles. The van der Waals surface area contributed by atoms with Crippen LogP contribution in [0.3, 0.4) is 0 Å². The van der Waals surface area contributed by atoms with Crippen LogP contribution >= 0.6 is 11.6 Å². The van der Waals surface area contributed by atoms with Crippen LogP contribution in [-0.4, -0.2) is 84.8 Å². The monoisotopic (exact) mass is 659 g/mol. The predicted octanol–water partition coefficient (Wildman–Crippen LogP) is 3.45. The van der Waals surface area contributed by atoms with Gasteiger partial charge in [0.05, 0.1) is 11.4 Å². The van der Waals surface area contributed by atoms with Crippen molar-refractivity contribution in [2.45, 2.75) is 57.6 Å². The summed E-state index contributed by atoms with van der Waals surface area (Å²) in [6.07, 6.45) is 12.2. The summed E-state index contributed by atoms with van der Waals surface area (Å²) in [5.41, 5.74) is 4.92. The Morgan fingerprint density at radius 3 is 2.57 bits per heavy atom. The normalized spacial score (nSPS) is 18.6. The van der Waals surface area contributed by atoms with Crippen LogP contribution < -0.4 is 26.4 Å². The summed E-state index contributed by atoms with van der Waals surface area (Å²) >= 11 is 6.14. The van der Waals surface area contributed by atoms with Gasteiger partial charge in [0, 0.05) is 67.8 Å². The summed E-state index contributed by atoms with van der Waals surface area (Å²) in [5, 5.41) is 25.6. The molecule has 4 rings (SSSR count). The molecule has 0 aromatic heterocycles. The number of aliphatic imine (C=N–C) groups is 1. The summed E-state index contributed by atoms with van der Waals surface area (Å²) in [6.45, 7) is 0.970. The van der Waals surface area contributed by atoms with Gasteiger partial charge in [0.15, 0.2) is 0 Å². The maximum atomic E-state index is 13.4. The fraction of sp³-hybridized carbons (Fsp3) is 0.452. The number of benzene rings is 1. The molecule has 248 valence electrons. The van der Waals surface area contributed by atoms with Crippen LogP contribution in [0.4, 0.5) is 8.78 Å². The molecule has 1 aromatic rings. The Morgan fingerprint density at radius 1 is 1.17 bits per heavy atom. The van der Waals surface area contributed by atoms with Crippen molar-refractivity contribution in [3.8, 4) is 5.75 Å². The number of amides is 2. The van der Waals surface area contributed by atoms with Crippen LogP contribution in [0.25, 0.3) is 0 Å². The van der Waals surface area contributed by atoms with Crippen molar-refractivity contribution in [1.82, 2.24) is 25.8 Å². The third-order valence-electron chi connectivity index (χ3n) is 7.91. The van der Waals surface area contributed by atoms with E-state index in [1.54, 1.807) is 6.08 Å². The van der Waals surface area contributed by atoms with E-state index in [1.807, 2.05) is 4.90 Å². The van der Waals surface area contributed by atoms with Crippen molar-refractivity contribution in [2.24, 2.45) is 10.7 Å². The fourth-order valence-electron chi connectivity index (χ4n) is 5.50. The van der Waals surface area contributed by atoms with E-state index in [0.717, 1.165) is 64.8 Å². The number of nitrogens with zero attached hydrogens (tertiary/aromatic N) is 3. The summed E-state index contributed by atoms with van der Waals surface area (Å²) in [5.74, 6) is -1.45. The fourth-order valence-corrected chi connectivity index (χ4v) is 5.67. The van der Waals surface area contributed by atoms with Crippen molar-refractivity contribution in [1.29, 1.82) is 10.8 Å². The van der Waals surface area contributed by atoms with Gasteiger partial charge in [-0.1, -0.05) is 11.6 Å². The van der Waals surface area contributed by atoms with Crippen LogP contribution in [-0.2, 0) is 9.59 Å². The molecule has 0 bridgehead atoms. The number of piperidine rings is 2. The molecule has 15 heteroatoms. The second kappa shape index (κ2) is 16.9. The Kier molecular flexibility index (Phi) is 12.7. The van der Waals surface area contributed by atoms with Crippen LogP contribution in [0.2, 0.25) is 5.02 Å². The standard InChI is InChI=1S/C31H40ClF2N9O3/c32-20-7-8-24(46-31(33)34)22(18-20)27(35)23(41-30(45)26(28(36)37)29-38-11-5-12-39-29)19-40-21-9-16-42(17-10-21)13-4-6-25(44)43-14-2-1-3-15-43/h5,7-8,11-12,18-19,21,31,35,38,40H,1-4,6,9-10,13-17H2,(H3,36,37)(H,41,45)/b23-19+,29-26-,35-27?. The smallest absolute Gasteiger partial charge is 0.387 e. The van der Waals surface area contributed by atoms with E-state index >= 15 is 0 Å². The highest BCUT2D eigenvalue weighted by Crippen LogP contribution is 2.27. The molecule has 12 nitrogen and oxygen atoms in total. The average molecular weight is 660 g/mol. The Morgan fingerprint density at radius 2 is 1.91 bits per heavy atom. The number of ether oxygens (including phenoxy) is 1. The number of hydrogen-bond acceptors (Lipinski definition) is 9. The number of allylic oxidation sites excluding steroid dienone is 2. The van der Waals surface area contributed by atoms with E-state index in [1.165, 1.54) is 43.2 Å². The first-order valence-electron chi connectivity index (χ1n) is 15.3. The average Bonchev–Trinajstić information content (AvgIpc) is 3.04. The maximum absolute atomic E-state index is 13.4. The molecule has 0 aliphatic carbocycles. The molecular weight excluding hydrogens is 620 g/mol. The third-order valence-corrected chi connectivity index (χ3v) is 8.14. The zero-order valence-corrected chi connectivity index (χ0v) is 26.2. The third kappa shape index (κ3) is 9.85. The minimum absolute atomic E-state index is 0.0116. The highest BCUT2D eigenvalue weighted by Gasteiger charge is 2.25. The van der Waals surface area contributed by atoms with E-state index in [-0.39, 0.29) is 51.1 Å². The molecule has 0 atom stereocenters. The molecule has 2 amide bonds. The highest BCUT2D eigenvalue weighted by atomic mass is 35.5. The highest BCUT2D eigenvalue weighted by molar-refractivity contribution is 6.31. The number of hydrogen-bond donors (Lipinski definition) is 6. The predicted molar refractivity (Wildman–Crippen MR) is 173 cm³/mol. The quantitative estimate of drug-likeness (QED) is 0.107. The first-order chi connectivity index (χ1) is 22.1. The summed E-state index contributed by atoms with van der Waals surface area (Å²) < 4.78 is 31.0. The maximum Gasteiger partial charge on any atom is 0.387 e. The van der Waals surface area contributed by atoms with Crippen LogP contribution in [0.15, 0.2) is 58.8 Å². The lowest BCUT2D eigenvalue weighted by Crippen LogP contribution is -2.42. The van der Waals surface area contributed by atoms with Crippen molar-refractivity contribution < 1.29 is 23.1 Å². The molecule has 3 heterocycles. The number of amidine groups is 1. The van der Waals surface area contributed by atoms with Crippen molar-refractivity contribution >= 4 is 41.2 Å². The molecule has 46 heavy (non-hydrogen) atoms. The summed E-state index contributed by atoms with van der Waals surface area (Å²) in [4.78, 5) is 34.2. The van der Waals surface area contributed by atoms with Gasteiger partial charge in [-0.15, -0.1) is 0 Å². The van der Waals surface area contributed by atoms with Gasteiger partial charge in [-0.25, -0.2) is 4.99 Å². The van der Waals surface area contributed by atoms with E-state index in [4.69, 9.17) is 28.2 Å². The SMILES string of the molecule is N=C(N)/C(C(=O)N/C(=C/NC1CCN(CCCC(=O)N2CCCCC2)CC1)C(=N)c1cc(Cl)ccc1OC(F)F)=C1/N=CC=CN1. The number of likely N-dealkylation sites (tertiary alicyclic amines) is 2. The van der Waals surface area contributed by atoms with Crippen LogP contribution in [0.1, 0.15) is 50.5 Å². The van der Waals surface area contributed by atoms with Gasteiger partial charge < -0.3 is 36.2 Å². The minimum atomic E-state index is -3.15. The van der Waals surface area contributed by atoms with E-state index in [0.29, 0.717) is 6.42 Å². The van der Waals surface area contributed by atoms with Crippen LogP contribution in [0.5, 0.6) is 5.75 Å². The number of rotatable bonds is 13. The van der Waals surface area contributed by atoms with Gasteiger partial charge in [-0.05, 0) is 69.3 Å². The molecule has 0 spiro atoms. The zero-order valence-electron chi connectivity index (χ0n) is 25.5. The zero-order chi connectivity index (χ0) is 33.1. The molecule has 2 saturated heterocycles. The second-order valence-corrected chi connectivity index (χ2v) is 11.6. The lowest BCUT2D eigenvalue weighted by molar-refractivity contribution is -0.132. The number of carbonyl (C=O) groups excluding carboxylic acids is 2. The van der Waals surface area contributed by atoms with Gasteiger partial charge in [-0.2, -0.15) is 8.78 Å². The minimum Gasteiger partial charge on any atom is -0.434 e. The molecular formula is C31H40ClF2N9O3. The molecule has 0 radical (unpaired) electrons. The van der Waals surface area contributed by atoms with Gasteiger partial charge in [-0.3, -0.25) is 20.4 Å². The topological polar surface area (TPSA) is 172 Å². The first-order valence-corrected chi connectivity index (χ1v) is 15.7. The van der Waals surface area contributed by atoms with Crippen molar-refractivity contribution in [3.63, 3.8) is 0 Å². The first kappa shape index (κ1) is 34.6. The number of carbonyl (C=O) groups is 2. The van der Waals surface area contributed by atoms with Gasteiger partial charge in [0.25, 0.3) is 5.91 Å².